The van der Waals surface area contributed by atoms with Crippen molar-refractivity contribution in [1.29, 1.82) is 0 Å². The van der Waals surface area contributed by atoms with Gasteiger partial charge in [-0.1, -0.05) is 12.1 Å². The molecule has 0 spiro atoms. The lowest BCUT2D eigenvalue weighted by Gasteiger charge is -2.21. The number of nitrogens with one attached hydrogen (secondary N) is 1. The van der Waals surface area contributed by atoms with Crippen LogP contribution in [-0.4, -0.2) is 18.1 Å². The number of ether oxygens (including phenoxy) is 1. The molecule has 1 aromatic heterocycles. The summed E-state index contributed by atoms with van der Waals surface area (Å²) in [4.78, 5) is 4.26. The van der Waals surface area contributed by atoms with Crippen molar-refractivity contribution in [2.75, 3.05) is 13.1 Å². The molecule has 0 bridgehead atoms. The first kappa shape index (κ1) is 12.2. The van der Waals surface area contributed by atoms with E-state index in [-0.39, 0.29) is 6.10 Å². The largest absolute Gasteiger partial charge is 0.480 e. The van der Waals surface area contributed by atoms with Gasteiger partial charge in [-0.25, -0.2) is 4.98 Å². The standard InChI is InChI=1S/C15H18N2O2/c1-11-3-2-4-13(9-11)19-14(12-5-6-16-10-12)15-17-7-8-18-15/h2-4,7-9,12,14,16H,5-6,10H2,1H3/t12-,14+/m0/s1. The zero-order valence-electron chi connectivity index (χ0n) is 11.0. The molecule has 2 atom stereocenters. The van der Waals surface area contributed by atoms with E-state index in [1.165, 1.54) is 5.56 Å². The Morgan fingerprint density at radius 1 is 1.47 bits per heavy atom. The molecule has 4 nitrogen and oxygen atoms in total. The predicted octanol–water partition coefficient (Wildman–Crippen LogP) is 2.71. The van der Waals surface area contributed by atoms with E-state index in [0.29, 0.717) is 11.8 Å². The van der Waals surface area contributed by atoms with Crippen molar-refractivity contribution >= 4 is 0 Å². The van der Waals surface area contributed by atoms with Crippen LogP contribution in [0.3, 0.4) is 0 Å². The molecule has 1 aromatic carbocycles. The van der Waals surface area contributed by atoms with Gasteiger partial charge in [0, 0.05) is 12.5 Å². The van der Waals surface area contributed by atoms with Crippen LogP contribution in [0.25, 0.3) is 0 Å². The third-order valence-corrected chi connectivity index (χ3v) is 3.47. The minimum atomic E-state index is -0.119. The normalized spacial score (nSPS) is 20.4. The van der Waals surface area contributed by atoms with Gasteiger partial charge in [0.15, 0.2) is 6.10 Å². The molecule has 2 heterocycles. The maximum absolute atomic E-state index is 6.13. The van der Waals surface area contributed by atoms with E-state index in [9.17, 15) is 0 Å². The number of rotatable bonds is 4. The average Bonchev–Trinajstić information content (AvgIpc) is 3.10. The Balaban J connectivity index is 1.83. The highest BCUT2D eigenvalue weighted by Gasteiger charge is 2.31. The zero-order chi connectivity index (χ0) is 13.1. The summed E-state index contributed by atoms with van der Waals surface area (Å²) in [5.41, 5.74) is 1.19. The molecular weight excluding hydrogens is 240 g/mol. The predicted molar refractivity (Wildman–Crippen MR) is 72.0 cm³/mol. The Bertz CT molecular complexity index is 519. The SMILES string of the molecule is Cc1cccc(O[C@@H](c2ncco2)[C@H]2CCNC2)c1. The summed E-state index contributed by atoms with van der Waals surface area (Å²) in [7, 11) is 0. The van der Waals surface area contributed by atoms with Crippen LogP contribution in [0, 0.1) is 12.8 Å². The highest BCUT2D eigenvalue weighted by Crippen LogP contribution is 2.31. The molecule has 3 rings (SSSR count). The summed E-state index contributed by atoms with van der Waals surface area (Å²) in [6.45, 7) is 4.03. The van der Waals surface area contributed by atoms with Gasteiger partial charge in [0.05, 0.1) is 6.20 Å². The molecule has 1 fully saturated rings. The van der Waals surface area contributed by atoms with Crippen molar-refractivity contribution in [2.45, 2.75) is 19.4 Å². The van der Waals surface area contributed by atoms with E-state index in [2.05, 4.69) is 23.3 Å². The number of aromatic nitrogens is 1. The number of benzene rings is 1. The molecule has 19 heavy (non-hydrogen) atoms. The molecule has 100 valence electrons. The molecule has 4 heteroatoms. The van der Waals surface area contributed by atoms with Gasteiger partial charge in [-0.15, -0.1) is 0 Å². The maximum atomic E-state index is 6.13. The lowest BCUT2D eigenvalue weighted by Crippen LogP contribution is -2.21. The summed E-state index contributed by atoms with van der Waals surface area (Å²) < 4.78 is 11.6. The van der Waals surface area contributed by atoms with Gasteiger partial charge in [-0.05, 0) is 37.6 Å². The van der Waals surface area contributed by atoms with E-state index >= 15 is 0 Å². The number of hydrogen-bond acceptors (Lipinski definition) is 4. The van der Waals surface area contributed by atoms with Crippen LogP contribution < -0.4 is 10.1 Å². The number of hydrogen-bond donors (Lipinski definition) is 1. The van der Waals surface area contributed by atoms with Crippen LogP contribution in [0.5, 0.6) is 5.75 Å². The fourth-order valence-corrected chi connectivity index (χ4v) is 2.49. The zero-order valence-corrected chi connectivity index (χ0v) is 11.0. The van der Waals surface area contributed by atoms with Gasteiger partial charge in [0.1, 0.15) is 12.0 Å². The lowest BCUT2D eigenvalue weighted by atomic mass is 10.0. The van der Waals surface area contributed by atoms with Crippen LogP contribution in [0.1, 0.15) is 24.0 Å². The number of oxazole rings is 1. The second-order valence-corrected chi connectivity index (χ2v) is 4.98. The minimum Gasteiger partial charge on any atom is -0.480 e. The first-order chi connectivity index (χ1) is 9.33. The van der Waals surface area contributed by atoms with E-state index in [1.54, 1.807) is 12.5 Å². The molecule has 0 amide bonds. The Kier molecular flexibility index (Phi) is 3.51. The molecule has 1 aliphatic heterocycles. The van der Waals surface area contributed by atoms with Gasteiger partial charge < -0.3 is 14.5 Å². The van der Waals surface area contributed by atoms with E-state index in [4.69, 9.17) is 9.15 Å². The van der Waals surface area contributed by atoms with Gasteiger partial charge in [-0.3, -0.25) is 0 Å². The Morgan fingerprint density at radius 2 is 2.42 bits per heavy atom. The second-order valence-electron chi connectivity index (χ2n) is 4.98. The van der Waals surface area contributed by atoms with E-state index in [1.807, 2.05) is 18.2 Å². The van der Waals surface area contributed by atoms with Gasteiger partial charge in [-0.2, -0.15) is 0 Å². The van der Waals surface area contributed by atoms with E-state index < -0.39 is 0 Å². The summed E-state index contributed by atoms with van der Waals surface area (Å²) in [5.74, 6) is 1.93. The molecule has 0 aliphatic carbocycles. The third-order valence-electron chi connectivity index (χ3n) is 3.47. The van der Waals surface area contributed by atoms with Crippen molar-refractivity contribution in [1.82, 2.24) is 10.3 Å². The molecule has 1 saturated heterocycles. The van der Waals surface area contributed by atoms with Crippen molar-refractivity contribution < 1.29 is 9.15 Å². The molecule has 1 N–H and O–H groups in total. The summed E-state index contributed by atoms with van der Waals surface area (Å²) in [5, 5.41) is 3.36. The topological polar surface area (TPSA) is 47.3 Å². The fourth-order valence-electron chi connectivity index (χ4n) is 2.49. The average molecular weight is 258 g/mol. The van der Waals surface area contributed by atoms with Crippen LogP contribution in [-0.2, 0) is 0 Å². The van der Waals surface area contributed by atoms with Gasteiger partial charge >= 0.3 is 0 Å². The van der Waals surface area contributed by atoms with Gasteiger partial charge in [0.2, 0.25) is 5.89 Å². The summed E-state index contributed by atoms with van der Waals surface area (Å²) in [6.07, 6.45) is 4.24. The molecule has 1 aliphatic rings. The van der Waals surface area contributed by atoms with Gasteiger partial charge in [0.25, 0.3) is 0 Å². The highest BCUT2D eigenvalue weighted by molar-refractivity contribution is 5.28. The fraction of sp³-hybridized carbons (Fsp3) is 0.400. The molecule has 2 aromatic rings. The second kappa shape index (κ2) is 5.45. The first-order valence-electron chi connectivity index (χ1n) is 6.66. The van der Waals surface area contributed by atoms with Crippen molar-refractivity contribution in [3.8, 4) is 5.75 Å². The smallest absolute Gasteiger partial charge is 0.235 e. The number of nitrogens with zero attached hydrogens (tertiary/aromatic N) is 1. The molecule has 0 unspecified atom stereocenters. The summed E-state index contributed by atoms with van der Waals surface area (Å²) in [6, 6.07) is 8.08. The Labute approximate surface area is 112 Å². The minimum absolute atomic E-state index is 0.119. The first-order valence-corrected chi connectivity index (χ1v) is 6.66. The van der Waals surface area contributed by atoms with E-state index in [0.717, 1.165) is 25.3 Å². The monoisotopic (exact) mass is 258 g/mol. The third kappa shape index (κ3) is 2.79. The Hall–Kier alpha value is -1.81. The van der Waals surface area contributed by atoms with Crippen molar-refractivity contribution in [3.63, 3.8) is 0 Å². The van der Waals surface area contributed by atoms with Crippen LogP contribution >= 0.6 is 0 Å². The molecular formula is C15H18N2O2. The lowest BCUT2D eigenvalue weighted by molar-refractivity contribution is 0.114. The quantitative estimate of drug-likeness (QED) is 0.916. The number of aryl methyl sites for hydroxylation is 1. The van der Waals surface area contributed by atoms with Crippen molar-refractivity contribution in [3.05, 3.63) is 48.2 Å². The van der Waals surface area contributed by atoms with Crippen molar-refractivity contribution in [2.24, 2.45) is 5.92 Å². The van der Waals surface area contributed by atoms with Crippen LogP contribution in [0.2, 0.25) is 0 Å². The Morgan fingerprint density at radius 3 is 3.11 bits per heavy atom. The molecule has 0 radical (unpaired) electrons. The highest BCUT2D eigenvalue weighted by atomic mass is 16.5. The van der Waals surface area contributed by atoms with Crippen LogP contribution in [0.4, 0.5) is 0 Å². The summed E-state index contributed by atoms with van der Waals surface area (Å²) >= 11 is 0. The van der Waals surface area contributed by atoms with Crippen LogP contribution in [0.15, 0.2) is 41.1 Å². The molecule has 0 saturated carbocycles. The maximum Gasteiger partial charge on any atom is 0.235 e.